The number of carbonyl (C=O) groups is 1. The van der Waals surface area contributed by atoms with Crippen molar-refractivity contribution in [2.24, 2.45) is 0 Å². The molecule has 27 heavy (non-hydrogen) atoms. The van der Waals surface area contributed by atoms with Crippen LogP contribution in [-0.2, 0) is 0 Å². The molecule has 1 N–H and O–H groups in total. The van der Waals surface area contributed by atoms with E-state index in [-0.39, 0.29) is 0 Å². The highest BCUT2D eigenvalue weighted by molar-refractivity contribution is 7.17. The molecule has 0 spiro atoms. The van der Waals surface area contributed by atoms with Gasteiger partial charge in [-0.05, 0) is 29.7 Å². The second-order valence-corrected chi connectivity index (χ2v) is 8.33. The first-order valence-electron chi connectivity index (χ1n) is 9.49. The van der Waals surface area contributed by atoms with Crippen LogP contribution in [0.1, 0.15) is 35.0 Å². The van der Waals surface area contributed by atoms with Gasteiger partial charge in [-0.3, -0.25) is 9.69 Å². The number of para-hydroxylation sites is 1. The Morgan fingerprint density at radius 2 is 1.89 bits per heavy atom. The summed E-state index contributed by atoms with van der Waals surface area (Å²) in [6, 6.07) is 11.9. The Hall–Kier alpha value is -1.89. The zero-order valence-electron chi connectivity index (χ0n) is 16.0. The van der Waals surface area contributed by atoms with Gasteiger partial charge in [0, 0.05) is 32.7 Å². The number of benzene rings is 1. The van der Waals surface area contributed by atoms with Gasteiger partial charge in [0.05, 0.1) is 9.88 Å². The molecule has 1 aliphatic rings. The van der Waals surface area contributed by atoms with Crippen LogP contribution in [0.2, 0.25) is 0 Å². The lowest BCUT2D eigenvalue weighted by molar-refractivity contribution is 0.0659. The Bertz CT molecular complexity index is 739. The highest BCUT2D eigenvalue weighted by Gasteiger charge is 2.21. The molecule has 146 valence electrons. The van der Waals surface area contributed by atoms with Crippen LogP contribution in [0.4, 0.5) is 5.00 Å². The lowest BCUT2D eigenvalue weighted by Gasteiger charge is -2.36. The molecular formula is C21H28N2O3S. The maximum Gasteiger partial charge on any atom is 0.160 e. The van der Waals surface area contributed by atoms with Gasteiger partial charge in [0.25, 0.3) is 0 Å². The molecule has 1 unspecified atom stereocenters. The van der Waals surface area contributed by atoms with Gasteiger partial charge in [0.2, 0.25) is 0 Å². The third-order valence-electron chi connectivity index (χ3n) is 4.85. The number of hydrogen-bond acceptors (Lipinski definition) is 6. The zero-order chi connectivity index (χ0) is 19.2. The first kappa shape index (κ1) is 19.9. The first-order valence-corrected chi connectivity index (χ1v) is 10.3. The van der Waals surface area contributed by atoms with Crippen molar-refractivity contribution in [3.8, 4) is 5.75 Å². The van der Waals surface area contributed by atoms with Crippen LogP contribution in [0.15, 0.2) is 36.4 Å². The molecule has 0 aliphatic carbocycles. The predicted molar refractivity (Wildman–Crippen MR) is 110 cm³/mol. The second-order valence-electron chi connectivity index (χ2n) is 7.24. The van der Waals surface area contributed by atoms with E-state index in [1.165, 1.54) is 16.9 Å². The van der Waals surface area contributed by atoms with Crippen molar-refractivity contribution in [1.82, 2.24) is 4.90 Å². The second kappa shape index (κ2) is 9.35. The standard InChI is InChI=1S/C21H28N2O3S/c1-16(2)19-5-3-4-6-20(19)26-15-17(25)13-22-9-11-23(12-10-22)21-8-7-18(14-24)27-21/h3-8,14,16-17,25H,9-13,15H2,1-2H3. The molecule has 1 aromatic heterocycles. The summed E-state index contributed by atoms with van der Waals surface area (Å²) in [5.74, 6) is 1.25. The van der Waals surface area contributed by atoms with Gasteiger partial charge in [-0.1, -0.05) is 32.0 Å². The molecule has 0 amide bonds. The van der Waals surface area contributed by atoms with Gasteiger partial charge >= 0.3 is 0 Å². The lowest BCUT2D eigenvalue weighted by atomic mass is 10.0. The van der Waals surface area contributed by atoms with E-state index in [1.54, 1.807) is 0 Å². The van der Waals surface area contributed by atoms with E-state index in [9.17, 15) is 9.90 Å². The fraction of sp³-hybridized carbons (Fsp3) is 0.476. The number of carbonyl (C=O) groups excluding carboxylic acids is 1. The third kappa shape index (κ3) is 5.31. The number of anilines is 1. The topological polar surface area (TPSA) is 53.0 Å². The van der Waals surface area contributed by atoms with Crippen molar-refractivity contribution >= 4 is 22.6 Å². The van der Waals surface area contributed by atoms with Crippen molar-refractivity contribution in [3.63, 3.8) is 0 Å². The monoisotopic (exact) mass is 388 g/mol. The molecule has 1 atom stereocenters. The summed E-state index contributed by atoms with van der Waals surface area (Å²) in [5, 5.41) is 11.5. The minimum atomic E-state index is -0.514. The maximum absolute atomic E-state index is 10.8. The molecular weight excluding hydrogens is 360 g/mol. The van der Waals surface area contributed by atoms with Gasteiger partial charge in [-0.15, -0.1) is 11.3 Å². The van der Waals surface area contributed by atoms with Crippen LogP contribution < -0.4 is 9.64 Å². The maximum atomic E-state index is 10.8. The number of ether oxygens (including phenoxy) is 1. The van der Waals surface area contributed by atoms with Gasteiger partial charge < -0.3 is 14.7 Å². The Morgan fingerprint density at radius 3 is 2.56 bits per heavy atom. The fourth-order valence-electron chi connectivity index (χ4n) is 3.35. The lowest BCUT2D eigenvalue weighted by Crippen LogP contribution is -2.49. The average Bonchev–Trinajstić information content (AvgIpc) is 3.16. The van der Waals surface area contributed by atoms with Crippen molar-refractivity contribution in [1.29, 1.82) is 0 Å². The number of β-amino-alcohol motifs (C(OH)–C–C–N with tert-alkyl or cyclic N) is 1. The minimum absolute atomic E-state index is 0.303. The Labute approximate surface area is 165 Å². The number of piperazine rings is 1. The summed E-state index contributed by atoms with van der Waals surface area (Å²) in [4.78, 5) is 16.2. The van der Waals surface area contributed by atoms with Crippen molar-refractivity contribution < 1.29 is 14.6 Å². The first-order chi connectivity index (χ1) is 13.1. The zero-order valence-corrected chi connectivity index (χ0v) is 16.8. The highest BCUT2D eigenvalue weighted by Crippen LogP contribution is 2.27. The van der Waals surface area contributed by atoms with Gasteiger partial charge in [0.1, 0.15) is 18.5 Å². The van der Waals surface area contributed by atoms with Gasteiger partial charge in [-0.25, -0.2) is 0 Å². The molecule has 1 aliphatic heterocycles. The summed E-state index contributed by atoms with van der Waals surface area (Å²) >= 11 is 1.53. The quantitative estimate of drug-likeness (QED) is 0.704. The van der Waals surface area contributed by atoms with Crippen LogP contribution in [0.3, 0.4) is 0 Å². The van der Waals surface area contributed by atoms with E-state index in [1.807, 2.05) is 30.3 Å². The summed E-state index contributed by atoms with van der Waals surface area (Å²) in [5.41, 5.74) is 1.17. The molecule has 1 fully saturated rings. The summed E-state index contributed by atoms with van der Waals surface area (Å²) in [7, 11) is 0. The number of aliphatic hydroxyl groups is 1. The molecule has 2 heterocycles. The van der Waals surface area contributed by atoms with Crippen LogP contribution in [0.25, 0.3) is 0 Å². The fourth-order valence-corrected chi connectivity index (χ4v) is 4.23. The van der Waals surface area contributed by atoms with Crippen LogP contribution in [0, 0.1) is 0 Å². The minimum Gasteiger partial charge on any atom is -0.491 e. The molecule has 0 radical (unpaired) electrons. The van der Waals surface area contributed by atoms with Crippen molar-refractivity contribution in [2.75, 3.05) is 44.2 Å². The van der Waals surface area contributed by atoms with E-state index >= 15 is 0 Å². The van der Waals surface area contributed by atoms with Crippen LogP contribution >= 0.6 is 11.3 Å². The van der Waals surface area contributed by atoms with E-state index in [4.69, 9.17) is 4.74 Å². The smallest absolute Gasteiger partial charge is 0.160 e. The number of aliphatic hydroxyl groups excluding tert-OH is 1. The summed E-state index contributed by atoms with van der Waals surface area (Å²) in [6.07, 6.45) is 0.387. The largest absolute Gasteiger partial charge is 0.491 e. The van der Waals surface area contributed by atoms with Gasteiger partial charge in [0.15, 0.2) is 6.29 Å². The normalized spacial score (nSPS) is 16.5. The van der Waals surface area contributed by atoms with Crippen LogP contribution in [0.5, 0.6) is 5.75 Å². The molecule has 1 aromatic carbocycles. The number of aldehydes is 1. The molecule has 6 heteroatoms. The number of hydrogen-bond donors (Lipinski definition) is 1. The SMILES string of the molecule is CC(C)c1ccccc1OCC(O)CN1CCN(c2ccc(C=O)s2)CC1. The molecule has 0 bridgehead atoms. The Balaban J connectivity index is 1.44. The van der Waals surface area contributed by atoms with E-state index in [0.717, 1.165) is 48.1 Å². The summed E-state index contributed by atoms with van der Waals surface area (Å²) in [6.45, 7) is 8.81. The number of thiophene rings is 1. The molecule has 1 saturated heterocycles. The van der Waals surface area contributed by atoms with Crippen molar-refractivity contribution in [2.45, 2.75) is 25.9 Å². The molecule has 0 saturated carbocycles. The van der Waals surface area contributed by atoms with Crippen LogP contribution in [-0.4, -0.2) is 61.7 Å². The molecule has 2 aromatic rings. The average molecular weight is 389 g/mol. The number of nitrogens with zero attached hydrogens (tertiary/aromatic N) is 2. The van der Waals surface area contributed by atoms with E-state index < -0.39 is 6.10 Å². The van der Waals surface area contributed by atoms with Crippen molar-refractivity contribution in [3.05, 3.63) is 46.8 Å². The number of rotatable bonds is 8. The highest BCUT2D eigenvalue weighted by atomic mass is 32.1. The predicted octanol–water partition coefficient (Wildman–Crippen LogP) is 3.25. The summed E-state index contributed by atoms with van der Waals surface area (Å²) < 4.78 is 5.89. The van der Waals surface area contributed by atoms with E-state index in [0.29, 0.717) is 19.1 Å². The molecule has 5 nitrogen and oxygen atoms in total. The molecule has 3 rings (SSSR count). The van der Waals surface area contributed by atoms with Gasteiger partial charge in [-0.2, -0.15) is 0 Å². The van der Waals surface area contributed by atoms with E-state index in [2.05, 4.69) is 29.7 Å². The third-order valence-corrected chi connectivity index (χ3v) is 5.93. The Kier molecular flexibility index (Phi) is 6.88. The Morgan fingerprint density at radius 1 is 1.15 bits per heavy atom.